The largest absolute Gasteiger partial charge is 0.466 e. The zero-order valence-electron chi connectivity index (χ0n) is 27.2. The van der Waals surface area contributed by atoms with E-state index in [9.17, 15) is 18.0 Å². The second-order valence-electron chi connectivity index (χ2n) is 14.2. The zero-order valence-corrected chi connectivity index (χ0v) is 27.2. The van der Waals surface area contributed by atoms with Gasteiger partial charge in [0.05, 0.1) is 12.2 Å². The Balaban J connectivity index is 1.60. The summed E-state index contributed by atoms with van der Waals surface area (Å²) >= 11 is 0. The number of nitrogens with zero attached hydrogens (tertiary/aromatic N) is 1. The Morgan fingerprint density at radius 3 is 2.12 bits per heavy atom. The third-order valence-corrected chi connectivity index (χ3v) is 11.3. The summed E-state index contributed by atoms with van der Waals surface area (Å²) < 4.78 is 45.7. The summed E-state index contributed by atoms with van der Waals surface area (Å²) in [5.74, 6) is 0.973. The van der Waals surface area contributed by atoms with E-state index >= 15 is 0 Å². The van der Waals surface area contributed by atoms with Crippen LogP contribution in [0.2, 0.25) is 0 Å². The highest BCUT2D eigenvalue weighted by Gasteiger charge is 2.42. The highest BCUT2D eigenvalue weighted by atomic mass is 19.4. The summed E-state index contributed by atoms with van der Waals surface area (Å²) in [5, 5.41) is 0. The van der Waals surface area contributed by atoms with Crippen LogP contribution in [0.25, 0.3) is 0 Å². The van der Waals surface area contributed by atoms with Crippen LogP contribution < -0.4 is 0 Å². The van der Waals surface area contributed by atoms with Gasteiger partial charge in [-0.3, -0.25) is 9.69 Å². The van der Waals surface area contributed by atoms with E-state index in [4.69, 9.17) is 4.74 Å². The van der Waals surface area contributed by atoms with Gasteiger partial charge in [-0.25, -0.2) is 0 Å². The summed E-state index contributed by atoms with van der Waals surface area (Å²) in [4.78, 5) is 15.3. The molecule has 0 radical (unpaired) electrons. The van der Waals surface area contributed by atoms with Crippen LogP contribution in [0.15, 0.2) is 24.3 Å². The van der Waals surface area contributed by atoms with Crippen molar-refractivity contribution in [2.75, 3.05) is 13.2 Å². The molecule has 0 bridgehead atoms. The third-order valence-electron chi connectivity index (χ3n) is 11.3. The number of halogens is 3. The number of hydrogen-bond acceptors (Lipinski definition) is 3. The van der Waals surface area contributed by atoms with Crippen molar-refractivity contribution >= 4 is 5.97 Å². The van der Waals surface area contributed by atoms with E-state index in [-0.39, 0.29) is 17.8 Å². The molecule has 0 aromatic heterocycles. The lowest BCUT2D eigenvalue weighted by Crippen LogP contribution is -2.51. The van der Waals surface area contributed by atoms with Crippen molar-refractivity contribution in [3.8, 4) is 0 Å². The van der Waals surface area contributed by atoms with Gasteiger partial charge in [-0.05, 0) is 119 Å². The van der Waals surface area contributed by atoms with Crippen LogP contribution in [0.3, 0.4) is 0 Å². The van der Waals surface area contributed by atoms with Gasteiger partial charge in [-0.2, -0.15) is 13.2 Å². The van der Waals surface area contributed by atoms with Gasteiger partial charge in [0.1, 0.15) is 0 Å². The van der Waals surface area contributed by atoms with Crippen molar-refractivity contribution in [1.29, 1.82) is 0 Å². The number of alkyl halides is 3. The molecule has 6 heteroatoms. The predicted molar refractivity (Wildman–Crippen MR) is 169 cm³/mol. The number of benzene rings is 1. The van der Waals surface area contributed by atoms with Gasteiger partial charge in [-0.1, -0.05) is 70.9 Å². The Hall–Kier alpha value is -1.56. The molecular formula is C37H58F3NO2. The maximum Gasteiger partial charge on any atom is 0.416 e. The van der Waals surface area contributed by atoms with E-state index in [1.165, 1.54) is 102 Å². The summed E-state index contributed by atoms with van der Waals surface area (Å²) in [6.07, 6.45) is 17.0. The number of carbonyl (C=O) groups excluding carboxylic acids is 1. The van der Waals surface area contributed by atoms with Crippen LogP contribution in [0, 0.1) is 17.3 Å². The quantitative estimate of drug-likeness (QED) is 0.210. The highest BCUT2D eigenvalue weighted by molar-refractivity contribution is 5.69. The first kappa shape index (κ1) is 34.3. The smallest absolute Gasteiger partial charge is 0.416 e. The van der Waals surface area contributed by atoms with E-state index in [1.54, 1.807) is 12.1 Å². The monoisotopic (exact) mass is 605 g/mol. The maximum atomic E-state index is 13.5. The molecule has 1 aromatic carbocycles. The molecule has 0 heterocycles. The van der Waals surface area contributed by atoms with Gasteiger partial charge in [0, 0.05) is 18.5 Å². The summed E-state index contributed by atoms with van der Waals surface area (Å²) in [6, 6.07) is 6.81. The van der Waals surface area contributed by atoms with Crippen LogP contribution in [-0.4, -0.2) is 36.1 Å². The lowest BCUT2D eigenvalue weighted by Gasteiger charge is -2.50. The molecule has 0 spiro atoms. The standard InChI is InChI=1S/C37H58F3NO2/c1-4-21-36(22-5-2)23-18-32(19-24-36)41(25-20-28-10-8-7-9-11-28)34-17-12-29(27-35(42)43-6-3)26-33(34)30-13-15-31(16-14-30)37(38,39)40/h13-16,28-29,32-34H,4-12,17-27H2,1-3H3/t29-,33+,34-/m1/s1. The summed E-state index contributed by atoms with van der Waals surface area (Å²) in [7, 11) is 0. The molecular weight excluding hydrogens is 547 g/mol. The van der Waals surface area contributed by atoms with Crippen LogP contribution in [0.1, 0.15) is 153 Å². The summed E-state index contributed by atoms with van der Waals surface area (Å²) in [6.45, 7) is 7.95. The van der Waals surface area contributed by atoms with Gasteiger partial charge in [-0.15, -0.1) is 0 Å². The number of hydrogen-bond donors (Lipinski definition) is 0. The van der Waals surface area contributed by atoms with Crippen LogP contribution >= 0.6 is 0 Å². The first-order valence-corrected chi connectivity index (χ1v) is 17.8. The number of esters is 1. The van der Waals surface area contributed by atoms with Crippen molar-refractivity contribution in [3.05, 3.63) is 35.4 Å². The second kappa shape index (κ2) is 16.1. The molecule has 4 rings (SSSR count). The molecule has 43 heavy (non-hydrogen) atoms. The van der Waals surface area contributed by atoms with Gasteiger partial charge in [0.15, 0.2) is 0 Å². The van der Waals surface area contributed by atoms with Crippen molar-refractivity contribution in [3.63, 3.8) is 0 Å². The lowest BCUT2D eigenvalue weighted by atomic mass is 9.66. The fraction of sp³-hybridized carbons (Fsp3) is 0.811. The Kier molecular flexibility index (Phi) is 12.9. The average Bonchev–Trinajstić information content (AvgIpc) is 2.99. The molecule has 0 N–H and O–H groups in total. The fourth-order valence-corrected chi connectivity index (χ4v) is 9.22. The molecule has 3 atom stereocenters. The molecule has 3 saturated carbocycles. The first-order chi connectivity index (χ1) is 20.7. The molecule has 0 aliphatic heterocycles. The average molecular weight is 606 g/mol. The van der Waals surface area contributed by atoms with Crippen molar-refractivity contribution in [1.82, 2.24) is 4.90 Å². The molecule has 3 nitrogen and oxygen atoms in total. The van der Waals surface area contributed by atoms with Crippen molar-refractivity contribution in [2.45, 2.75) is 161 Å². The molecule has 0 unspecified atom stereocenters. The first-order valence-electron chi connectivity index (χ1n) is 17.8. The Morgan fingerprint density at radius 2 is 1.53 bits per heavy atom. The van der Waals surface area contributed by atoms with E-state index in [1.807, 2.05) is 6.92 Å². The molecule has 3 aliphatic rings. The minimum absolute atomic E-state index is 0.125. The molecule has 0 saturated heterocycles. The topological polar surface area (TPSA) is 29.5 Å². The van der Waals surface area contributed by atoms with Gasteiger partial charge in [0.2, 0.25) is 0 Å². The minimum Gasteiger partial charge on any atom is -0.466 e. The zero-order chi connectivity index (χ0) is 30.9. The summed E-state index contributed by atoms with van der Waals surface area (Å²) in [5.41, 5.74) is 0.895. The molecule has 3 aliphatic carbocycles. The van der Waals surface area contributed by atoms with Crippen LogP contribution in [0.4, 0.5) is 13.2 Å². The van der Waals surface area contributed by atoms with E-state index in [0.717, 1.165) is 37.3 Å². The molecule has 244 valence electrons. The molecule has 3 fully saturated rings. The minimum atomic E-state index is -4.34. The Morgan fingerprint density at radius 1 is 0.884 bits per heavy atom. The maximum absolute atomic E-state index is 13.5. The number of carbonyl (C=O) groups is 1. The van der Waals surface area contributed by atoms with Gasteiger partial charge < -0.3 is 4.74 Å². The molecule has 0 amide bonds. The van der Waals surface area contributed by atoms with Crippen LogP contribution in [0.5, 0.6) is 0 Å². The predicted octanol–water partition coefficient (Wildman–Crippen LogP) is 10.7. The van der Waals surface area contributed by atoms with E-state index < -0.39 is 11.7 Å². The Labute approximate surface area is 259 Å². The van der Waals surface area contributed by atoms with Crippen LogP contribution in [-0.2, 0) is 15.7 Å². The highest BCUT2D eigenvalue weighted by Crippen LogP contribution is 2.48. The second-order valence-corrected chi connectivity index (χ2v) is 14.2. The van der Waals surface area contributed by atoms with Crippen molar-refractivity contribution in [2.24, 2.45) is 17.3 Å². The van der Waals surface area contributed by atoms with E-state index in [2.05, 4.69) is 18.7 Å². The van der Waals surface area contributed by atoms with E-state index in [0.29, 0.717) is 30.5 Å². The number of ether oxygens (including phenoxy) is 1. The normalized spacial score (nSPS) is 25.6. The van der Waals surface area contributed by atoms with Crippen molar-refractivity contribution < 1.29 is 22.7 Å². The fourth-order valence-electron chi connectivity index (χ4n) is 9.22. The lowest BCUT2D eigenvalue weighted by molar-refractivity contribution is -0.144. The van der Waals surface area contributed by atoms with Gasteiger partial charge >= 0.3 is 12.1 Å². The number of rotatable bonds is 13. The Bertz CT molecular complexity index is 955. The third kappa shape index (κ3) is 9.47. The van der Waals surface area contributed by atoms with Gasteiger partial charge in [0.25, 0.3) is 0 Å². The SMILES string of the molecule is CCCC1(CCC)CCC(N(CCC2CCCCC2)[C@@H]2CC[C@@H](CC(=O)OCC)C[C@H]2c2ccc(C(F)(F)F)cc2)CC1. The molecule has 1 aromatic rings.